The Morgan fingerprint density at radius 2 is 2.00 bits per heavy atom. The molecule has 3 heterocycles. The molecule has 0 spiro atoms. The van der Waals surface area contributed by atoms with Gasteiger partial charge in [-0.25, -0.2) is 4.98 Å². The van der Waals surface area contributed by atoms with E-state index >= 15 is 0 Å². The van der Waals surface area contributed by atoms with E-state index in [2.05, 4.69) is 20.0 Å². The molecule has 0 radical (unpaired) electrons. The predicted molar refractivity (Wildman–Crippen MR) is 112 cm³/mol. The molecular formula is C22H25N5O3. The largest absolute Gasteiger partial charge is 0.496 e. The lowest BCUT2D eigenvalue weighted by molar-refractivity contribution is -0.130. The van der Waals surface area contributed by atoms with Gasteiger partial charge in [-0.05, 0) is 31.5 Å². The van der Waals surface area contributed by atoms with Crippen LogP contribution in [0.1, 0.15) is 17.8 Å². The number of rotatable bonds is 5. The first-order valence-electron chi connectivity index (χ1n) is 10.1. The normalized spacial score (nSPS) is 14.5. The van der Waals surface area contributed by atoms with E-state index in [4.69, 9.17) is 9.26 Å². The molecule has 8 heteroatoms. The summed E-state index contributed by atoms with van der Waals surface area (Å²) in [4.78, 5) is 25.9. The summed E-state index contributed by atoms with van der Waals surface area (Å²) in [6.45, 7) is 4.63. The third-order valence-corrected chi connectivity index (χ3v) is 5.23. The van der Waals surface area contributed by atoms with Gasteiger partial charge >= 0.3 is 0 Å². The fourth-order valence-electron chi connectivity index (χ4n) is 3.72. The van der Waals surface area contributed by atoms with Crippen molar-refractivity contribution < 1.29 is 14.1 Å². The number of methoxy groups -OCH3 is 1. The van der Waals surface area contributed by atoms with Crippen molar-refractivity contribution in [2.24, 2.45) is 0 Å². The van der Waals surface area contributed by atoms with Crippen molar-refractivity contribution in [2.45, 2.75) is 19.8 Å². The van der Waals surface area contributed by atoms with Crippen molar-refractivity contribution in [3.63, 3.8) is 0 Å². The molecule has 156 valence electrons. The van der Waals surface area contributed by atoms with Crippen molar-refractivity contribution in [1.29, 1.82) is 0 Å². The van der Waals surface area contributed by atoms with E-state index in [9.17, 15) is 4.79 Å². The van der Waals surface area contributed by atoms with Gasteiger partial charge in [0, 0.05) is 37.9 Å². The Hall–Kier alpha value is -3.42. The number of hydrogen-bond acceptors (Lipinski definition) is 7. The second-order valence-corrected chi connectivity index (χ2v) is 7.23. The summed E-state index contributed by atoms with van der Waals surface area (Å²) in [6, 6.07) is 11.5. The van der Waals surface area contributed by atoms with Crippen LogP contribution < -0.4 is 9.64 Å². The average Bonchev–Trinajstić information content (AvgIpc) is 3.05. The van der Waals surface area contributed by atoms with E-state index in [0.717, 1.165) is 35.7 Å². The molecule has 3 aromatic rings. The van der Waals surface area contributed by atoms with E-state index in [1.54, 1.807) is 20.2 Å². The number of pyridine rings is 1. The Labute approximate surface area is 175 Å². The number of amides is 1. The van der Waals surface area contributed by atoms with E-state index in [0.29, 0.717) is 37.8 Å². The molecule has 1 saturated heterocycles. The van der Waals surface area contributed by atoms with Gasteiger partial charge in [0.1, 0.15) is 11.6 Å². The van der Waals surface area contributed by atoms with Crippen LogP contribution in [0.4, 0.5) is 5.82 Å². The minimum absolute atomic E-state index is 0.107. The van der Waals surface area contributed by atoms with Gasteiger partial charge in [0.15, 0.2) is 5.82 Å². The second-order valence-electron chi connectivity index (χ2n) is 7.23. The standard InChI is InChI=1S/C22H25N5O3/c1-16-24-22(30-25-16)18-8-5-10-23-21(18)27-12-6-11-26(13-14-27)20(28)15-17-7-3-4-9-19(17)29-2/h3-5,7-10H,6,11-15H2,1-2H3. The van der Waals surface area contributed by atoms with E-state index in [1.165, 1.54) is 0 Å². The highest BCUT2D eigenvalue weighted by molar-refractivity contribution is 5.79. The molecule has 0 unspecified atom stereocenters. The van der Waals surface area contributed by atoms with Gasteiger partial charge in [0.25, 0.3) is 5.89 Å². The lowest BCUT2D eigenvalue weighted by Crippen LogP contribution is -2.36. The van der Waals surface area contributed by atoms with Crippen LogP contribution in [0, 0.1) is 6.92 Å². The molecule has 4 rings (SSSR count). The molecule has 0 N–H and O–H groups in total. The summed E-state index contributed by atoms with van der Waals surface area (Å²) >= 11 is 0. The number of carbonyl (C=O) groups excluding carboxylic acids is 1. The molecule has 1 amide bonds. The van der Waals surface area contributed by atoms with Crippen LogP contribution in [0.25, 0.3) is 11.5 Å². The van der Waals surface area contributed by atoms with Crippen LogP contribution in [0.3, 0.4) is 0 Å². The Bertz CT molecular complexity index is 1020. The van der Waals surface area contributed by atoms with Gasteiger partial charge in [0.05, 0.1) is 19.1 Å². The Morgan fingerprint density at radius 3 is 2.80 bits per heavy atom. The number of benzene rings is 1. The van der Waals surface area contributed by atoms with Crippen molar-refractivity contribution in [3.05, 3.63) is 54.0 Å². The van der Waals surface area contributed by atoms with E-state index < -0.39 is 0 Å². The van der Waals surface area contributed by atoms with E-state index in [-0.39, 0.29) is 5.91 Å². The summed E-state index contributed by atoms with van der Waals surface area (Å²) in [6.07, 6.45) is 2.95. The number of ether oxygens (including phenoxy) is 1. The third-order valence-electron chi connectivity index (χ3n) is 5.23. The quantitative estimate of drug-likeness (QED) is 0.643. The summed E-state index contributed by atoms with van der Waals surface area (Å²) in [5, 5.41) is 3.89. The summed E-state index contributed by atoms with van der Waals surface area (Å²) < 4.78 is 10.7. The van der Waals surface area contributed by atoms with Gasteiger partial charge in [-0.1, -0.05) is 23.4 Å². The zero-order chi connectivity index (χ0) is 20.9. The number of carbonyl (C=O) groups is 1. The van der Waals surface area contributed by atoms with Gasteiger partial charge in [-0.3, -0.25) is 4.79 Å². The van der Waals surface area contributed by atoms with Crippen LogP contribution in [-0.2, 0) is 11.2 Å². The first-order chi connectivity index (χ1) is 14.7. The molecule has 0 bridgehead atoms. The van der Waals surface area contributed by atoms with Crippen LogP contribution in [-0.4, -0.2) is 59.2 Å². The lowest BCUT2D eigenvalue weighted by atomic mass is 10.1. The molecule has 1 aliphatic heterocycles. The number of aromatic nitrogens is 3. The van der Waals surface area contributed by atoms with Crippen LogP contribution in [0.2, 0.25) is 0 Å². The second kappa shape index (κ2) is 8.94. The fourth-order valence-corrected chi connectivity index (χ4v) is 3.72. The molecule has 8 nitrogen and oxygen atoms in total. The van der Waals surface area contributed by atoms with Crippen molar-refractivity contribution in [2.75, 3.05) is 38.2 Å². The molecule has 0 saturated carbocycles. The number of hydrogen-bond donors (Lipinski definition) is 0. The smallest absolute Gasteiger partial charge is 0.261 e. The van der Waals surface area contributed by atoms with Crippen LogP contribution in [0.5, 0.6) is 5.75 Å². The molecule has 1 fully saturated rings. The van der Waals surface area contributed by atoms with E-state index in [1.807, 2.05) is 41.3 Å². The summed E-state index contributed by atoms with van der Waals surface area (Å²) in [5.41, 5.74) is 1.72. The average molecular weight is 407 g/mol. The maximum Gasteiger partial charge on any atom is 0.261 e. The number of aryl methyl sites for hydroxylation is 1. The first kappa shape index (κ1) is 19.9. The zero-order valence-corrected chi connectivity index (χ0v) is 17.2. The Kier molecular flexibility index (Phi) is 5.92. The topological polar surface area (TPSA) is 84.6 Å². The number of anilines is 1. The van der Waals surface area contributed by atoms with Crippen molar-refractivity contribution >= 4 is 11.7 Å². The minimum atomic E-state index is 0.107. The molecule has 2 aromatic heterocycles. The van der Waals surface area contributed by atoms with Gasteiger partial charge in [-0.2, -0.15) is 4.98 Å². The first-order valence-corrected chi connectivity index (χ1v) is 10.1. The highest BCUT2D eigenvalue weighted by Crippen LogP contribution is 2.28. The van der Waals surface area contributed by atoms with Crippen LogP contribution >= 0.6 is 0 Å². The number of para-hydroxylation sites is 1. The zero-order valence-electron chi connectivity index (χ0n) is 17.2. The monoisotopic (exact) mass is 407 g/mol. The highest BCUT2D eigenvalue weighted by Gasteiger charge is 2.23. The molecule has 30 heavy (non-hydrogen) atoms. The molecule has 1 aromatic carbocycles. The minimum Gasteiger partial charge on any atom is -0.496 e. The Balaban J connectivity index is 1.47. The van der Waals surface area contributed by atoms with Crippen LogP contribution in [0.15, 0.2) is 47.1 Å². The predicted octanol–water partition coefficient (Wildman–Crippen LogP) is 2.73. The maximum atomic E-state index is 12.9. The summed E-state index contributed by atoms with van der Waals surface area (Å²) in [5.74, 6) is 2.71. The SMILES string of the molecule is COc1ccccc1CC(=O)N1CCCN(c2ncccc2-c2nc(C)no2)CC1. The summed E-state index contributed by atoms with van der Waals surface area (Å²) in [7, 11) is 1.63. The Morgan fingerprint density at radius 1 is 1.13 bits per heavy atom. The molecule has 1 aliphatic rings. The number of nitrogens with zero attached hydrogens (tertiary/aromatic N) is 5. The highest BCUT2D eigenvalue weighted by atomic mass is 16.5. The molecular weight excluding hydrogens is 382 g/mol. The van der Waals surface area contributed by atoms with Gasteiger partial charge < -0.3 is 19.1 Å². The maximum absolute atomic E-state index is 12.9. The van der Waals surface area contributed by atoms with Crippen molar-refractivity contribution in [3.8, 4) is 17.2 Å². The fraction of sp³-hybridized carbons (Fsp3) is 0.364. The van der Waals surface area contributed by atoms with Crippen molar-refractivity contribution in [1.82, 2.24) is 20.0 Å². The third kappa shape index (κ3) is 4.27. The van der Waals surface area contributed by atoms with Gasteiger partial charge in [-0.15, -0.1) is 0 Å². The lowest BCUT2D eigenvalue weighted by Gasteiger charge is -2.24. The molecule has 0 aliphatic carbocycles. The molecule has 0 atom stereocenters. The van der Waals surface area contributed by atoms with Gasteiger partial charge in [0.2, 0.25) is 5.91 Å².